The van der Waals surface area contributed by atoms with Gasteiger partial charge in [0.1, 0.15) is 0 Å². The topological polar surface area (TPSA) is 93.4 Å². The number of hydrogen-bond acceptors (Lipinski definition) is 8. The summed E-state index contributed by atoms with van der Waals surface area (Å²) in [5.74, 6) is 1.74. The number of carbonyl (C=O) groups is 1. The molecule has 1 amide bonds. The van der Waals surface area contributed by atoms with Gasteiger partial charge in [-0.15, -0.1) is 11.3 Å². The first kappa shape index (κ1) is 17.1. The number of fused-ring (bicyclic) bond motifs is 1. The number of morpholine rings is 1. The third kappa shape index (κ3) is 3.70. The molecule has 0 spiro atoms. The number of aryl methyl sites for hydroxylation is 1. The number of nitrogens with one attached hydrogen (secondary N) is 1. The molecule has 1 unspecified atom stereocenters. The van der Waals surface area contributed by atoms with E-state index in [1.54, 1.807) is 11.3 Å². The molecule has 1 aliphatic heterocycles. The van der Waals surface area contributed by atoms with Gasteiger partial charge in [-0.1, -0.05) is 5.16 Å². The van der Waals surface area contributed by atoms with Crippen LogP contribution in [-0.4, -0.2) is 47.3 Å². The Morgan fingerprint density at radius 2 is 2.07 bits per heavy atom. The number of carbonyl (C=O) groups excluding carboxylic acids is 1. The molecule has 1 atom stereocenters. The fourth-order valence-corrected chi connectivity index (χ4v) is 4.79. The van der Waals surface area contributed by atoms with Gasteiger partial charge in [-0.05, 0) is 25.7 Å². The monoisotopic (exact) mass is 389 g/mol. The lowest BCUT2D eigenvalue weighted by atomic mass is 9.90. The van der Waals surface area contributed by atoms with Crippen molar-refractivity contribution in [1.29, 1.82) is 0 Å². The van der Waals surface area contributed by atoms with E-state index in [0.29, 0.717) is 24.8 Å². The Morgan fingerprint density at radius 1 is 1.22 bits per heavy atom. The van der Waals surface area contributed by atoms with Gasteiger partial charge in [0.05, 0.1) is 25.5 Å². The molecule has 27 heavy (non-hydrogen) atoms. The van der Waals surface area contributed by atoms with Crippen molar-refractivity contribution in [2.24, 2.45) is 5.92 Å². The molecule has 1 saturated heterocycles. The highest BCUT2D eigenvalue weighted by atomic mass is 32.1. The number of hydrogen-bond donors (Lipinski definition) is 1. The van der Waals surface area contributed by atoms with E-state index in [2.05, 4.69) is 20.4 Å². The van der Waals surface area contributed by atoms with E-state index >= 15 is 0 Å². The Labute approximate surface area is 161 Å². The average molecular weight is 389 g/mol. The number of anilines is 1. The van der Waals surface area contributed by atoms with Crippen molar-refractivity contribution in [2.75, 3.05) is 31.2 Å². The molecule has 1 saturated carbocycles. The lowest BCUT2D eigenvalue weighted by molar-refractivity contribution is -0.125. The molecule has 144 valence electrons. The largest absolute Gasteiger partial charge is 0.378 e. The smallest absolute Gasteiger partial charge is 0.246 e. The highest BCUT2D eigenvalue weighted by molar-refractivity contribution is 7.15. The highest BCUT2D eigenvalue weighted by Gasteiger charge is 2.30. The summed E-state index contributed by atoms with van der Waals surface area (Å²) in [6, 6.07) is 0. The van der Waals surface area contributed by atoms with Crippen molar-refractivity contribution in [3.63, 3.8) is 0 Å². The van der Waals surface area contributed by atoms with E-state index in [9.17, 15) is 4.79 Å². The van der Waals surface area contributed by atoms with Gasteiger partial charge in [0.15, 0.2) is 11.0 Å². The van der Waals surface area contributed by atoms with Crippen LogP contribution in [0.1, 0.15) is 47.5 Å². The van der Waals surface area contributed by atoms with Crippen LogP contribution in [0.3, 0.4) is 0 Å². The molecule has 2 aromatic rings. The summed E-state index contributed by atoms with van der Waals surface area (Å²) in [5.41, 5.74) is 1.08. The average Bonchev–Trinajstić information content (AvgIpc) is 3.29. The minimum Gasteiger partial charge on any atom is -0.378 e. The minimum atomic E-state index is -0.0389. The molecule has 1 N–H and O–H groups in total. The van der Waals surface area contributed by atoms with Crippen LogP contribution >= 0.6 is 11.3 Å². The van der Waals surface area contributed by atoms with E-state index in [1.807, 2.05) is 0 Å². The summed E-state index contributed by atoms with van der Waals surface area (Å²) >= 11 is 1.77. The molecular weight excluding hydrogens is 366 g/mol. The van der Waals surface area contributed by atoms with Crippen molar-refractivity contribution < 1.29 is 14.1 Å². The van der Waals surface area contributed by atoms with Crippen molar-refractivity contribution in [3.05, 3.63) is 22.3 Å². The maximum atomic E-state index is 12.6. The number of rotatable bonds is 5. The Morgan fingerprint density at radius 3 is 2.89 bits per heavy atom. The number of nitrogens with zero attached hydrogens (tertiary/aromatic N) is 4. The zero-order valence-corrected chi connectivity index (χ0v) is 16.0. The maximum Gasteiger partial charge on any atom is 0.246 e. The fourth-order valence-electron chi connectivity index (χ4n) is 3.63. The lowest BCUT2D eigenvalue weighted by Gasteiger charge is -2.26. The van der Waals surface area contributed by atoms with Crippen LogP contribution in [0.25, 0.3) is 0 Å². The van der Waals surface area contributed by atoms with Crippen LogP contribution in [0, 0.1) is 5.92 Å². The molecule has 9 heteroatoms. The Balaban J connectivity index is 1.18. The predicted octanol–water partition coefficient (Wildman–Crippen LogP) is 1.66. The van der Waals surface area contributed by atoms with Gasteiger partial charge in [0.25, 0.3) is 0 Å². The fraction of sp³-hybridized carbons (Fsp3) is 0.667. The van der Waals surface area contributed by atoms with Crippen molar-refractivity contribution in [1.82, 2.24) is 20.4 Å². The van der Waals surface area contributed by atoms with Gasteiger partial charge < -0.3 is 19.5 Å². The molecule has 0 radical (unpaired) electrons. The van der Waals surface area contributed by atoms with Crippen LogP contribution in [0.5, 0.6) is 0 Å². The first-order chi connectivity index (χ1) is 13.3. The third-order valence-electron chi connectivity index (χ3n) is 5.42. The molecule has 0 aromatic carbocycles. The number of aromatic nitrogens is 3. The van der Waals surface area contributed by atoms with Crippen LogP contribution < -0.4 is 10.2 Å². The van der Waals surface area contributed by atoms with Crippen molar-refractivity contribution >= 4 is 22.4 Å². The SMILES string of the molecule is O=C(NCc1nc(C2CC2)no1)C1CCc2sc(N3CCOCC3)nc2C1. The number of amides is 1. The Bertz CT molecular complexity index is 825. The van der Waals surface area contributed by atoms with Crippen molar-refractivity contribution in [2.45, 2.75) is 44.6 Å². The Kier molecular flexibility index (Phi) is 4.56. The van der Waals surface area contributed by atoms with E-state index in [-0.39, 0.29) is 11.8 Å². The molecule has 3 heterocycles. The summed E-state index contributed by atoms with van der Waals surface area (Å²) in [5, 5.41) is 8.01. The lowest BCUT2D eigenvalue weighted by Crippen LogP contribution is -2.36. The first-order valence-corrected chi connectivity index (χ1v) is 10.5. The minimum absolute atomic E-state index is 0.0389. The maximum absolute atomic E-state index is 12.6. The van der Waals surface area contributed by atoms with Crippen molar-refractivity contribution in [3.8, 4) is 0 Å². The summed E-state index contributed by atoms with van der Waals surface area (Å²) in [7, 11) is 0. The van der Waals surface area contributed by atoms with E-state index in [0.717, 1.165) is 68.6 Å². The molecule has 2 aromatic heterocycles. The van der Waals surface area contributed by atoms with Gasteiger partial charge in [-0.3, -0.25) is 4.79 Å². The summed E-state index contributed by atoms with van der Waals surface area (Å²) in [4.78, 5) is 25.4. The highest BCUT2D eigenvalue weighted by Crippen LogP contribution is 2.38. The predicted molar refractivity (Wildman–Crippen MR) is 98.8 cm³/mol. The van der Waals surface area contributed by atoms with Crippen LogP contribution in [0.15, 0.2) is 4.52 Å². The van der Waals surface area contributed by atoms with E-state index < -0.39 is 0 Å². The van der Waals surface area contributed by atoms with Crippen LogP contribution in [0.2, 0.25) is 0 Å². The second-order valence-electron chi connectivity index (χ2n) is 7.44. The second-order valence-corrected chi connectivity index (χ2v) is 8.51. The molecular formula is C18H23N5O3S. The summed E-state index contributed by atoms with van der Waals surface area (Å²) < 4.78 is 10.6. The zero-order valence-electron chi connectivity index (χ0n) is 15.1. The Hall–Kier alpha value is -2.00. The van der Waals surface area contributed by atoms with Gasteiger partial charge in [0.2, 0.25) is 11.8 Å². The quantitative estimate of drug-likeness (QED) is 0.831. The third-order valence-corrected chi connectivity index (χ3v) is 6.64. The van der Waals surface area contributed by atoms with Crippen LogP contribution in [-0.2, 0) is 28.9 Å². The first-order valence-electron chi connectivity index (χ1n) is 9.68. The summed E-state index contributed by atoms with van der Waals surface area (Å²) in [6.45, 7) is 3.60. The van der Waals surface area contributed by atoms with Gasteiger partial charge in [-0.2, -0.15) is 4.98 Å². The number of thiazole rings is 1. The van der Waals surface area contributed by atoms with Crippen LogP contribution in [0.4, 0.5) is 5.13 Å². The molecule has 8 nitrogen and oxygen atoms in total. The molecule has 5 rings (SSSR count). The van der Waals surface area contributed by atoms with Gasteiger partial charge in [-0.25, -0.2) is 4.98 Å². The number of ether oxygens (including phenoxy) is 1. The van der Waals surface area contributed by atoms with E-state index in [1.165, 1.54) is 4.88 Å². The molecule has 2 fully saturated rings. The van der Waals surface area contributed by atoms with Gasteiger partial charge in [0, 0.05) is 36.2 Å². The molecule has 2 aliphatic carbocycles. The summed E-state index contributed by atoms with van der Waals surface area (Å²) in [6.07, 6.45) is 4.76. The molecule has 0 bridgehead atoms. The molecule has 3 aliphatic rings. The van der Waals surface area contributed by atoms with Gasteiger partial charge >= 0.3 is 0 Å². The zero-order chi connectivity index (χ0) is 18.2. The van der Waals surface area contributed by atoms with E-state index in [4.69, 9.17) is 14.2 Å². The normalized spacial score (nSPS) is 22.5. The second kappa shape index (κ2) is 7.20. The standard InChI is InChI=1S/C18H23N5O3S/c24-17(19-10-15-21-16(22-26-15)11-1-2-11)12-3-4-14-13(9-12)20-18(27-14)23-5-7-25-8-6-23/h11-12H,1-10H2,(H,19,24).